The van der Waals surface area contributed by atoms with E-state index in [1.165, 1.54) is 0 Å². The minimum Gasteiger partial charge on any atom is -0.434 e. The molecule has 0 fully saturated rings. The minimum atomic E-state index is 0.478. The first-order chi connectivity index (χ1) is 8.81. The highest BCUT2D eigenvalue weighted by Gasteiger charge is 2.03. The number of rotatable bonds is 6. The van der Waals surface area contributed by atoms with Gasteiger partial charge in [0.2, 0.25) is 5.88 Å². The molecule has 0 radical (unpaired) electrons. The Morgan fingerprint density at radius 2 is 2.22 bits per heavy atom. The highest BCUT2D eigenvalue weighted by Crippen LogP contribution is 2.17. The molecule has 96 valence electrons. The average molecular weight is 247 g/mol. The molecule has 0 aliphatic carbocycles. The van der Waals surface area contributed by atoms with Crippen molar-refractivity contribution in [2.24, 2.45) is 0 Å². The smallest absolute Gasteiger partial charge is 0.239 e. The van der Waals surface area contributed by atoms with Crippen molar-refractivity contribution in [3.05, 3.63) is 30.2 Å². The third-order valence-electron chi connectivity index (χ3n) is 2.34. The molecule has 2 aromatic rings. The molecule has 0 saturated heterocycles. The maximum atomic E-state index is 5.56. The number of hydrogen-bond donors (Lipinski definition) is 1. The van der Waals surface area contributed by atoms with Crippen molar-refractivity contribution in [1.82, 2.24) is 25.3 Å². The predicted molar refractivity (Wildman–Crippen MR) is 67.4 cm³/mol. The molecule has 2 rings (SSSR count). The fraction of sp³-hybridized carbons (Fsp3) is 0.417. The molecule has 0 bridgehead atoms. The summed E-state index contributed by atoms with van der Waals surface area (Å²) >= 11 is 0. The Hall–Kier alpha value is -1.95. The quantitative estimate of drug-likeness (QED) is 0.839. The maximum Gasteiger partial charge on any atom is 0.239 e. The van der Waals surface area contributed by atoms with E-state index in [-0.39, 0.29) is 0 Å². The standard InChI is InChI=1S/C12H17N5O/c1-3-6-17-9-11(8-14-17)18-12-5-4-10(7-13-2)15-16-12/h4-5,8-9,13H,3,6-7H2,1-2H3. The average Bonchev–Trinajstić information content (AvgIpc) is 2.80. The van der Waals surface area contributed by atoms with Crippen LogP contribution in [0.25, 0.3) is 0 Å². The Balaban J connectivity index is 1.99. The van der Waals surface area contributed by atoms with E-state index >= 15 is 0 Å². The molecule has 0 atom stereocenters. The first-order valence-electron chi connectivity index (χ1n) is 5.99. The third-order valence-corrected chi connectivity index (χ3v) is 2.34. The van der Waals surface area contributed by atoms with Crippen molar-refractivity contribution >= 4 is 0 Å². The zero-order valence-electron chi connectivity index (χ0n) is 10.6. The normalized spacial score (nSPS) is 10.6. The van der Waals surface area contributed by atoms with Gasteiger partial charge in [-0.2, -0.15) is 10.2 Å². The first kappa shape index (κ1) is 12.5. The summed E-state index contributed by atoms with van der Waals surface area (Å²) in [5, 5.41) is 15.2. The molecule has 0 aliphatic rings. The molecule has 0 amide bonds. The maximum absolute atomic E-state index is 5.56. The molecule has 0 unspecified atom stereocenters. The van der Waals surface area contributed by atoms with Crippen LogP contribution < -0.4 is 10.1 Å². The van der Waals surface area contributed by atoms with Crippen LogP contribution in [0.2, 0.25) is 0 Å². The lowest BCUT2D eigenvalue weighted by Gasteiger charge is -2.02. The van der Waals surface area contributed by atoms with Crippen molar-refractivity contribution in [3.8, 4) is 11.6 Å². The van der Waals surface area contributed by atoms with Gasteiger partial charge in [-0.3, -0.25) is 4.68 Å². The molecule has 6 nitrogen and oxygen atoms in total. The molecule has 0 aromatic carbocycles. The van der Waals surface area contributed by atoms with Gasteiger partial charge in [0.05, 0.1) is 18.1 Å². The fourth-order valence-corrected chi connectivity index (χ4v) is 1.55. The number of nitrogens with zero attached hydrogens (tertiary/aromatic N) is 4. The second-order valence-corrected chi connectivity index (χ2v) is 3.93. The first-order valence-corrected chi connectivity index (χ1v) is 5.99. The monoisotopic (exact) mass is 247 g/mol. The zero-order chi connectivity index (χ0) is 12.8. The van der Waals surface area contributed by atoms with Crippen LogP contribution in [0, 0.1) is 0 Å². The summed E-state index contributed by atoms with van der Waals surface area (Å²) in [5.41, 5.74) is 0.881. The Morgan fingerprint density at radius 1 is 1.33 bits per heavy atom. The van der Waals surface area contributed by atoms with Gasteiger partial charge in [-0.05, 0) is 19.5 Å². The molecule has 18 heavy (non-hydrogen) atoms. The zero-order valence-corrected chi connectivity index (χ0v) is 10.6. The molecule has 0 aliphatic heterocycles. The van der Waals surface area contributed by atoms with Gasteiger partial charge in [-0.1, -0.05) is 6.92 Å². The van der Waals surface area contributed by atoms with Crippen molar-refractivity contribution in [1.29, 1.82) is 0 Å². The lowest BCUT2D eigenvalue weighted by atomic mass is 10.4. The van der Waals surface area contributed by atoms with Gasteiger partial charge in [-0.15, -0.1) is 5.10 Å². The molecule has 0 saturated carbocycles. The van der Waals surface area contributed by atoms with Crippen LogP contribution in [0.1, 0.15) is 19.0 Å². The van der Waals surface area contributed by atoms with Crippen LogP contribution in [0.15, 0.2) is 24.5 Å². The van der Waals surface area contributed by atoms with Crippen molar-refractivity contribution in [2.75, 3.05) is 7.05 Å². The van der Waals surface area contributed by atoms with E-state index in [2.05, 4.69) is 27.5 Å². The van der Waals surface area contributed by atoms with Crippen molar-refractivity contribution < 1.29 is 4.74 Å². The summed E-state index contributed by atoms with van der Waals surface area (Å²) < 4.78 is 7.41. The summed E-state index contributed by atoms with van der Waals surface area (Å²) in [5.74, 6) is 1.16. The van der Waals surface area contributed by atoms with Crippen LogP contribution in [0.5, 0.6) is 11.6 Å². The second-order valence-electron chi connectivity index (χ2n) is 3.93. The predicted octanol–water partition coefficient (Wildman–Crippen LogP) is 1.59. The van der Waals surface area contributed by atoms with E-state index in [0.29, 0.717) is 18.2 Å². The molecule has 1 N–H and O–H groups in total. The summed E-state index contributed by atoms with van der Waals surface area (Å²) in [6.07, 6.45) is 4.57. The van der Waals surface area contributed by atoms with Gasteiger partial charge in [0.25, 0.3) is 0 Å². The van der Waals surface area contributed by atoms with E-state index in [1.54, 1.807) is 12.3 Å². The van der Waals surface area contributed by atoms with Crippen LogP contribution in [-0.4, -0.2) is 27.0 Å². The highest BCUT2D eigenvalue weighted by molar-refractivity contribution is 5.21. The SMILES string of the molecule is CCCn1cc(Oc2ccc(CNC)nn2)cn1. The van der Waals surface area contributed by atoms with Gasteiger partial charge < -0.3 is 10.1 Å². The van der Waals surface area contributed by atoms with E-state index in [9.17, 15) is 0 Å². The molecule has 0 spiro atoms. The van der Waals surface area contributed by atoms with Gasteiger partial charge in [0.15, 0.2) is 5.75 Å². The summed E-state index contributed by atoms with van der Waals surface area (Å²) in [7, 11) is 1.87. The van der Waals surface area contributed by atoms with E-state index in [1.807, 2.05) is 24.0 Å². The molecular formula is C12H17N5O. The Morgan fingerprint density at radius 3 is 2.89 bits per heavy atom. The second kappa shape index (κ2) is 6.11. The summed E-state index contributed by atoms with van der Waals surface area (Å²) in [6, 6.07) is 3.69. The van der Waals surface area contributed by atoms with E-state index in [4.69, 9.17) is 4.74 Å². The van der Waals surface area contributed by atoms with Crippen LogP contribution in [0.3, 0.4) is 0 Å². The van der Waals surface area contributed by atoms with Crippen molar-refractivity contribution in [3.63, 3.8) is 0 Å². The van der Waals surface area contributed by atoms with Crippen LogP contribution >= 0.6 is 0 Å². The third kappa shape index (κ3) is 3.27. The number of aryl methyl sites for hydroxylation is 1. The van der Waals surface area contributed by atoms with Crippen LogP contribution in [-0.2, 0) is 13.1 Å². The number of nitrogens with one attached hydrogen (secondary N) is 1. The largest absolute Gasteiger partial charge is 0.434 e. The summed E-state index contributed by atoms with van der Waals surface area (Å²) in [6.45, 7) is 3.69. The lowest BCUT2D eigenvalue weighted by Crippen LogP contribution is -2.07. The van der Waals surface area contributed by atoms with Crippen molar-refractivity contribution in [2.45, 2.75) is 26.4 Å². The number of ether oxygens (including phenoxy) is 1. The lowest BCUT2D eigenvalue weighted by molar-refractivity contribution is 0.452. The Bertz CT molecular complexity index is 479. The molecule has 6 heteroatoms. The van der Waals surface area contributed by atoms with E-state index in [0.717, 1.165) is 18.7 Å². The van der Waals surface area contributed by atoms with Crippen LogP contribution in [0.4, 0.5) is 0 Å². The highest BCUT2D eigenvalue weighted by atomic mass is 16.5. The summed E-state index contributed by atoms with van der Waals surface area (Å²) in [4.78, 5) is 0. The van der Waals surface area contributed by atoms with Gasteiger partial charge >= 0.3 is 0 Å². The molecule has 2 heterocycles. The number of hydrogen-bond acceptors (Lipinski definition) is 5. The topological polar surface area (TPSA) is 64.9 Å². The Kier molecular flexibility index (Phi) is 4.25. The number of aromatic nitrogens is 4. The van der Waals surface area contributed by atoms with E-state index < -0.39 is 0 Å². The Labute approximate surface area is 106 Å². The van der Waals surface area contributed by atoms with Gasteiger partial charge in [0, 0.05) is 19.2 Å². The minimum absolute atomic E-state index is 0.478. The fourth-order valence-electron chi connectivity index (χ4n) is 1.55. The van der Waals surface area contributed by atoms with Gasteiger partial charge in [-0.25, -0.2) is 0 Å². The molecular weight excluding hydrogens is 230 g/mol. The van der Waals surface area contributed by atoms with Gasteiger partial charge in [0.1, 0.15) is 0 Å². The molecule has 2 aromatic heterocycles.